The number of halogens is 4. The molecule has 152 valence electrons. The van der Waals surface area contributed by atoms with Crippen LogP contribution in [-0.4, -0.2) is 29.9 Å². The highest BCUT2D eigenvalue weighted by Crippen LogP contribution is 2.45. The molecular formula is C18H14Cl2F2N4O3. The number of hydrogen-bond acceptors (Lipinski definition) is 6. The number of aliphatic imine (C=N–C) groups is 1. The molecule has 0 atom stereocenters. The van der Waals surface area contributed by atoms with E-state index in [1.165, 1.54) is 31.4 Å². The number of hydrogen-bond donors (Lipinski definition) is 2. The molecule has 0 bridgehead atoms. The van der Waals surface area contributed by atoms with Gasteiger partial charge in [-0.3, -0.25) is 9.79 Å². The third kappa shape index (κ3) is 4.41. The van der Waals surface area contributed by atoms with Crippen molar-refractivity contribution in [2.45, 2.75) is 13.2 Å². The minimum atomic E-state index is -3.74. The number of amides is 1. The van der Waals surface area contributed by atoms with E-state index in [0.717, 1.165) is 0 Å². The molecular weight excluding hydrogens is 429 g/mol. The van der Waals surface area contributed by atoms with Crippen LogP contribution in [0.4, 0.5) is 14.6 Å². The summed E-state index contributed by atoms with van der Waals surface area (Å²) in [6.45, 7) is 1.54. The Morgan fingerprint density at radius 1 is 1.28 bits per heavy atom. The first-order chi connectivity index (χ1) is 13.6. The molecule has 11 heteroatoms. The Balaban J connectivity index is 1.82. The van der Waals surface area contributed by atoms with Crippen molar-refractivity contribution in [3.63, 3.8) is 0 Å². The third-order valence-electron chi connectivity index (χ3n) is 3.80. The monoisotopic (exact) mass is 442 g/mol. The zero-order chi connectivity index (χ0) is 21.3. The zero-order valence-corrected chi connectivity index (χ0v) is 16.6. The molecule has 0 saturated carbocycles. The van der Waals surface area contributed by atoms with E-state index >= 15 is 0 Å². The number of anilines is 1. The summed E-state index contributed by atoms with van der Waals surface area (Å²) in [5.41, 5.74) is 6.70. The average Bonchev–Trinajstić information content (AvgIpc) is 2.95. The zero-order valence-electron chi connectivity index (χ0n) is 15.1. The molecule has 3 rings (SSSR count). The van der Waals surface area contributed by atoms with Crippen molar-refractivity contribution in [2.75, 3.05) is 12.4 Å². The van der Waals surface area contributed by atoms with Gasteiger partial charge in [0, 0.05) is 36.1 Å². The summed E-state index contributed by atoms with van der Waals surface area (Å²) < 4.78 is 35.2. The number of aromatic nitrogens is 1. The minimum absolute atomic E-state index is 0.0329. The van der Waals surface area contributed by atoms with Gasteiger partial charge in [0.2, 0.25) is 0 Å². The number of rotatable bonds is 4. The number of pyridine rings is 1. The summed E-state index contributed by atoms with van der Waals surface area (Å²) in [5, 5.41) is 2.74. The highest BCUT2D eigenvalue weighted by atomic mass is 35.5. The van der Waals surface area contributed by atoms with Gasteiger partial charge in [0.15, 0.2) is 11.5 Å². The molecule has 0 unspecified atom stereocenters. The lowest BCUT2D eigenvalue weighted by molar-refractivity contribution is -0.286. The van der Waals surface area contributed by atoms with Crippen LogP contribution in [0.25, 0.3) is 11.1 Å². The fraction of sp³-hybridized carbons (Fsp3) is 0.167. The van der Waals surface area contributed by atoms with Gasteiger partial charge in [0.1, 0.15) is 11.5 Å². The van der Waals surface area contributed by atoms with E-state index in [9.17, 15) is 13.6 Å². The van der Waals surface area contributed by atoms with Gasteiger partial charge in [-0.05, 0) is 25.1 Å². The Bertz CT molecular complexity index is 1040. The molecule has 0 spiro atoms. The molecule has 1 aromatic heterocycles. The van der Waals surface area contributed by atoms with Crippen LogP contribution in [0, 0.1) is 0 Å². The van der Waals surface area contributed by atoms with Crippen molar-refractivity contribution in [3.05, 3.63) is 46.2 Å². The molecule has 3 N–H and O–H groups in total. The van der Waals surface area contributed by atoms with Crippen LogP contribution in [0.1, 0.15) is 6.92 Å². The second-order valence-corrected chi connectivity index (χ2v) is 6.69. The molecule has 0 radical (unpaired) electrons. The second-order valence-electron chi connectivity index (χ2n) is 5.90. The Kier molecular flexibility index (Phi) is 5.63. The Morgan fingerprint density at radius 2 is 1.93 bits per heavy atom. The van der Waals surface area contributed by atoms with Gasteiger partial charge >= 0.3 is 6.29 Å². The number of carbonyl (C=O) groups excluding carboxylic acids is 1. The number of benzene rings is 1. The van der Waals surface area contributed by atoms with Crippen LogP contribution in [0.3, 0.4) is 0 Å². The van der Waals surface area contributed by atoms with Crippen molar-refractivity contribution >= 4 is 40.6 Å². The number of nitrogens with two attached hydrogens (primary N) is 1. The number of fused-ring (bicyclic) bond motifs is 1. The standard InChI is InChI=1S/C18H14Cl2F2N4O3/c1-8(23)15(20)16(24-2)17(27)26-14-4-3-9(7-25-14)10-5-12-13(6-11(10)19)29-18(21,22)28-12/h3-7H,23H2,1-2H3,(H,25,26,27)/b15-8+,24-16?. The first-order valence-electron chi connectivity index (χ1n) is 8.07. The molecule has 1 aliphatic rings. The van der Waals surface area contributed by atoms with Crippen LogP contribution < -0.4 is 20.5 Å². The number of nitrogens with zero attached hydrogens (tertiary/aromatic N) is 2. The molecule has 1 aromatic carbocycles. The molecule has 29 heavy (non-hydrogen) atoms. The first-order valence-corrected chi connectivity index (χ1v) is 8.83. The van der Waals surface area contributed by atoms with Gasteiger partial charge in [0.25, 0.3) is 5.91 Å². The molecule has 7 nitrogen and oxygen atoms in total. The quantitative estimate of drug-likeness (QED) is 0.692. The Labute approximate surface area is 174 Å². The lowest BCUT2D eigenvalue weighted by Crippen LogP contribution is -2.25. The van der Waals surface area contributed by atoms with E-state index in [0.29, 0.717) is 11.1 Å². The number of allylic oxidation sites excluding steroid dienone is 1. The summed E-state index contributed by atoms with van der Waals surface area (Å²) in [4.78, 5) is 20.3. The van der Waals surface area contributed by atoms with Gasteiger partial charge in [-0.25, -0.2) is 4.98 Å². The second kappa shape index (κ2) is 7.84. The predicted molar refractivity (Wildman–Crippen MR) is 106 cm³/mol. The van der Waals surface area contributed by atoms with Crippen molar-refractivity contribution in [1.29, 1.82) is 0 Å². The van der Waals surface area contributed by atoms with Crippen molar-refractivity contribution < 1.29 is 23.0 Å². The Morgan fingerprint density at radius 3 is 2.48 bits per heavy atom. The average molecular weight is 443 g/mol. The predicted octanol–water partition coefficient (Wildman–Crippen LogP) is 4.16. The lowest BCUT2D eigenvalue weighted by Gasteiger charge is -2.09. The topological polar surface area (TPSA) is 98.8 Å². The lowest BCUT2D eigenvalue weighted by atomic mass is 10.1. The highest BCUT2D eigenvalue weighted by Gasteiger charge is 2.43. The maximum absolute atomic E-state index is 13.2. The molecule has 1 amide bonds. The van der Waals surface area contributed by atoms with Crippen molar-refractivity contribution in [1.82, 2.24) is 4.98 Å². The molecule has 2 aromatic rings. The number of alkyl halides is 2. The summed E-state index contributed by atoms with van der Waals surface area (Å²) in [5.74, 6) is -0.686. The highest BCUT2D eigenvalue weighted by molar-refractivity contribution is 6.61. The Hall–Kier alpha value is -2.91. The smallest absolute Gasteiger partial charge is 0.401 e. The maximum Gasteiger partial charge on any atom is 0.586 e. The largest absolute Gasteiger partial charge is 0.586 e. The van der Waals surface area contributed by atoms with Gasteiger partial charge in [0.05, 0.1) is 10.1 Å². The van der Waals surface area contributed by atoms with Gasteiger partial charge in [-0.2, -0.15) is 0 Å². The number of ether oxygens (including phenoxy) is 2. The van der Waals surface area contributed by atoms with E-state index in [1.807, 2.05) is 0 Å². The normalized spacial score (nSPS) is 15.7. The maximum atomic E-state index is 13.2. The van der Waals surface area contributed by atoms with E-state index in [2.05, 4.69) is 24.8 Å². The summed E-state index contributed by atoms with van der Waals surface area (Å²) in [6.07, 6.45) is -2.33. The molecule has 0 saturated heterocycles. The molecule has 1 aliphatic heterocycles. The van der Waals surface area contributed by atoms with Gasteiger partial charge in [-0.1, -0.05) is 23.2 Å². The van der Waals surface area contributed by atoms with Gasteiger partial charge < -0.3 is 20.5 Å². The van der Waals surface area contributed by atoms with Crippen LogP contribution in [0.2, 0.25) is 5.02 Å². The molecule has 2 heterocycles. The van der Waals surface area contributed by atoms with Crippen LogP contribution in [0.5, 0.6) is 11.5 Å². The SMILES string of the molecule is CN=C(C(=O)Nc1ccc(-c2cc3c(cc2Cl)OC(F)(F)O3)cn1)/C(Cl)=C(/C)N. The number of carbonyl (C=O) groups is 1. The number of nitrogens with one attached hydrogen (secondary N) is 1. The summed E-state index contributed by atoms with van der Waals surface area (Å²) in [6, 6.07) is 5.65. The summed E-state index contributed by atoms with van der Waals surface area (Å²) in [7, 11) is 1.40. The van der Waals surface area contributed by atoms with Crippen molar-refractivity contribution in [2.24, 2.45) is 10.7 Å². The van der Waals surface area contributed by atoms with Gasteiger partial charge in [-0.15, -0.1) is 8.78 Å². The van der Waals surface area contributed by atoms with Crippen LogP contribution in [-0.2, 0) is 4.79 Å². The van der Waals surface area contributed by atoms with E-state index < -0.39 is 12.2 Å². The first kappa shape index (κ1) is 20.8. The van der Waals surface area contributed by atoms with E-state index in [4.69, 9.17) is 28.9 Å². The summed E-state index contributed by atoms with van der Waals surface area (Å²) >= 11 is 12.1. The fourth-order valence-corrected chi connectivity index (χ4v) is 2.91. The van der Waals surface area contributed by atoms with Crippen LogP contribution >= 0.6 is 23.2 Å². The third-order valence-corrected chi connectivity index (χ3v) is 4.59. The molecule has 0 aliphatic carbocycles. The van der Waals surface area contributed by atoms with Crippen molar-refractivity contribution in [3.8, 4) is 22.6 Å². The molecule has 0 fully saturated rings. The fourth-order valence-electron chi connectivity index (χ4n) is 2.48. The minimum Gasteiger partial charge on any atom is -0.401 e. The van der Waals surface area contributed by atoms with E-state index in [-0.39, 0.29) is 38.8 Å². The van der Waals surface area contributed by atoms with E-state index in [1.54, 1.807) is 13.0 Å². The van der Waals surface area contributed by atoms with Crippen LogP contribution in [0.15, 0.2) is 46.2 Å².